The molecule has 0 amide bonds. The first-order chi connectivity index (χ1) is 7.81. The van der Waals surface area contributed by atoms with E-state index >= 15 is 0 Å². The van der Waals surface area contributed by atoms with Gasteiger partial charge in [0, 0.05) is 0 Å². The summed E-state index contributed by atoms with van der Waals surface area (Å²) in [6, 6.07) is 0. The van der Waals surface area contributed by atoms with Gasteiger partial charge in [0.05, 0.1) is 6.10 Å². The number of hydrogen-bond acceptors (Lipinski definition) is 1. The van der Waals surface area contributed by atoms with Gasteiger partial charge in [-0.25, -0.2) is 0 Å². The Morgan fingerprint density at radius 3 is 2.19 bits per heavy atom. The fourth-order valence-electron chi connectivity index (χ4n) is 1.81. The number of rotatable bonds is 11. The molecule has 0 aromatic rings. The fraction of sp³-hybridized carbons (Fsp3) is 0.867. The maximum absolute atomic E-state index is 9.66. The molecule has 0 aliphatic heterocycles. The molecule has 96 valence electrons. The van der Waals surface area contributed by atoms with Crippen molar-refractivity contribution in [2.75, 3.05) is 0 Å². The van der Waals surface area contributed by atoms with Crippen LogP contribution in [-0.2, 0) is 0 Å². The van der Waals surface area contributed by atoms with E-state index in [2.05, 4.69) is 19.9 Å². The highest BCUT2D eigenvalue weighted by molar-refractivity contribution is 4.88. The van der Waals surface area contributed by atoms with Crippen LogP contribution in [0.2, 0.25) is 0 Å². The number of aliphatic hydroxyl groups excluding tert-OH is 1. The van der Waals surface area contributed by atoms with Gasteiger partial charge in [0.2, 0.25) is 0 Å². The molecule has 0 rings (SSSR count). The standard InChI is InChI=1S/C15H30O/c1-3-5-7-9-10-12-14-15(16)13-11-8-6-4-2/h11,13,15-16H,3-10,12,14H2,1-2H3. The van der Waals surface area contributed by atoms with Gasteiger partial charge in [-0.1, -0.05) is 77.4 Å². The van der Waals surface area contributed by atoms with Crippen LogP contribution in [0.5, 0.6) is 0 Å². The SMILES string of the molecule is CCCCC=CC(O)CCCCCCCC. The van der Waals surface area contributed by atoms with Gasteiger partial charge in [0.1, 0.15) is 0 Å². The van der Waals surface area contributed by atoms with Gasteiger partial charge in [0.25, 0.3) is 0 Å². The van der Waals surface area contributed by atoms with Crippen molar-refractivity contribution in [3.63, 3.8) is 0 Å². The quantitative estimate of drug-likeness (QED) is 0.394. The average Bonchev–Trinajstić information content (AvgIpc) is 2.29. The van der Waals surface area contributed by atoms with Crippen LogP contribution in [0.15, 0.2) is 12.2 Å². The van der Waals surface area contributed by atoms with E-state index in [1.165, 1.54) is 51.4 Å². The summed E-state index contributed by atoms with van der Waals surface area (Å²) in [6.07, 6.45) is 16.2. The van der Waals surface area contributed by atoms with Crippen molar-refractivity contribution in [2.45, 2.75) is 84.2 Å². The Balaban J connectivity index is 3.22. The fourth-order valence-corrected chi connectivity index (χ4v) is 1.81. The highest BCUT2D eigenvalue weighted by atomic mass is 16.3. The van der Waals surface area contributed by atoms with Gasteiger partial charge in [-0.2, -0.15) is 0 Å². The van der Waals surface area contributed by atoms with E-state index in [9.17, 15) is 5.11 Å². The Kier molecular flexibility index (Phi) is 12.5. The van der Waals surface area contributed by atoms with E-state index in [1.54, 1.807) is 0 Å². The second-order valence-corrected chi connectivity index (χ2v) is 4.69. The van der Waals surface area contributed by atoms with E-state index in [0.29, 0.717) is 0 Å². The molecule has 16 heavy (non-hydrogen) atoms. The van der Waals surface area contributed by atoms with E-state index in [0.717, 1.165) is 12.8 Å². The van der Waals surface area contributed by atoms with Crippen molar-refractivity contribution >= 4 is 0 Å². The van der Waals surface area contributed by atoms with Crippen molar-refractivity contribution in [2.24, 2.45) is 0 Å². The Morgan fingerprint density at radius 1 is 0.875 bits per heavy atom. The number of unbranched alkanes of at least 4 members (excludes halogenated alkanes) is 7. The molecule has 0 aromatic carbocycles. The average molecular weight is 226 g/mol. The summed E-state index contributed by atoms with van der Waals surface area (Å²) in [5, 5.41) is 9.66. The Labute approximate surface area is 102 Å². The zero-order valence-electron chi connectivity index (χ0n) is 11.3. The Bertz CT molecular complexity index is 152. The monoisotopic (exact) mass is 226 g/mol. The molecule has 0 aliphatic rings. The first-order valence-electron chi connectivity index (χ1n) is 7.16. The van der Waals surface area contributed by atoms with Crippen LogP contribution >= 0.6 is 0 Å². The maximum atomic E-state index is 9.66. The predicted molar refractivity (Wildman–Crippen MR) is 72.7 cm³/mol. The maximum Gasteiger partial charge on any atom is 0.0720 e. The van der Waals surface area contributed by atoms with Gasteiger partial charge >= 0.3 is 0 Å². The highest BCUT2D eigenvalue weighted by Gasteiger charge is 1.98. The first-order valence-corrected chi connectivity index (χ1v) is 7.16. The molecule has 1 unspecified atom stereocenters. The summed E-state index contributed by atoms with van der Waals surface area (Å²) >= 11 is 0. The second kappa shape index (κ2) is 12.8. The summed E-state index contributed by atoms with van der Waals surface area (Å²) in [4.78, 5) is 0. The van der Waals surface area contributed by atoms with Crippen LogP contribution in [0.1, 0.15) is 78.1 Å². The molecule has 0 saturated carbocycles. The molecular weight excluding hydrogens is 196 g/mol. The van der Waals surface area contributed by atoms with Crippen molar-refractivity contribution in [3.8, 4) is 0 Å². The van der Waals surface area contributed by atoms with Gasteiger partial charge in [-0.15, -0.1) is 0 Å². The summed E-state index contributed by atoms with van der Waals surface area (Å²) < 4.78 is 0. The molecule has 0 aliphatic carbocycles. The van der Waals surface area contributed by atoms with E-state index < -0.39 is 0 Å². The second-order valence-electron chi connectivity index (χ2n) is 4.69. The molecule has 0 radical (unpaired) electrons. The molecule has 0 saturated heterocycles. The van der Waals surface area contributed by atoms with Gasteiger partial charge < -0.3 is 5.11 Å². The lowest BCUT2D eigenvalue weighted by Crippen LogP contribution is -2.01. The first kappa shape index (κ1) is 15.7. The van der Waals surface area contributed by atoms with Crippen molar-refractivity contribution < 1.29 is 5.11 Å². The van der Waals surface area contributed by atoms with Crippen LogP contribution in [0.4, 0.5) is 0 Å². The summed E-state index contributed by atoms with van der Waals surface area (Å²) in [5.41, 5.74) is 0. The molecule has 0 heterocycles. The minimum Gasteiger partial charge on any atom is -0.389 e. The van der Waals surface area contributed by atoms with E-state index in [4.69, 9.17) is 0 Å². The molecule has 0 fully saturated rings. The van der Waals surface area contributed by atoms with Gasteiger partial charge in [0.15, 0.2) is 0 Å². The number of hydrogen-bond donors (Lipinski definition) is 1. The lowest BCUT2D eigenvalue weighted by atomic mass is 10.1. The van der Waals surface area contributed by atoms with E-state index in [1.807, 2.05) is 6.08 Å². The van der Waals surface area contributed by atoms with Crippen molar-refractivity contribution in [3.05, 3.63) is 12.2 Å². The minimum atomic E-state index is -0.206. The zero-order chi connectivity index (χ0) is 12.1. The summed E-state index contributed by atoms with van der Waals surface area (Å²) in [5.74, 6) is 0. The molecule has 1 atom stereocenters. The largest absolute Gasteiger partial charge is 0.389 e. The van der Waals surface area contributed by atoms with Crippen molar-refractivity contribution in [1.82, 2.24) is 0 Å². The Morgan fingerprint density at radius 2 is 1.50 bits per heavy atom. The highest BCUT2D eigenvalue weighted by Crippen LogP contribution is 2.09. The smallest absolute Gasteiger partial charge is 0.0720 e. The van der Waals surface area contributed by atoms with Crippen LogP contribution in [-0.4, -0.2) is 11.2 Å². The van der Waals surface area contributed by atoms with Crippen LogP contribution in [0.3, 0.4) is 0 Å². The number of aliphatic hydroxyl groups is 1. The van der Waals surface area contributed by atoms with Crippen LogP contribution < -0.4 is 0 Å². The molecular formula is C15H30O. The third-order valence-electron chi connectivity index (χ3n) is 2.94. The predicted octanol–water partition coefficient (Wildman–Crippen LogP) is 4.84. The lowest BCUT2D eigenvalue weighted by molar-refractivity contribution is 0.207. The minimum absolute atomic E-state index is 0.206. The lowest BCUT2D eigenvalue weighted by Gasteiger charge is -2.05. The topological polar surface area (TPSA) is 20.2 Å². The molecule has 0 spiro atoms. The molecule has 0 aromatic heterocycles. The molecule has 1 N–H and O–H groups in total. The molecule has 0 bridgehead atoms. The summed E-state index contributed by atoms with van der Waals surface area (Å²) in [6.45, 7) is 4.44. The summed E-state index contributed by atoms with van der Waals surface area (Å²) in [7, 11) is 0. The Hall–Kier alpha value is -0.300. The van der Waals surface area contributed by atoms with Crippen molar-refractivity contribution in [1.29, 1.82) is 0 Å². The van der Waals surface area contributed by atoms with E-state index in [-0.39, 0.29) is 6.10 Å². The number of allylic oxidation sites excluding steroid dienone is 1. The molecule has 1 heteroatoms. The van der Waals surface area contributed by atoms with Gasteiger partial charge in [-0.05, 0) is 12.8 Å². The molecule has 1 nitrogen and oxygen atoms in total. The third-order valence-corrected chi connectivity index (χ3v) is 2.94. The zero-order valence-corrected chi connectivity index (χ0v) is 11.3. The third kappa shape index (κ3) is 11.8. The van der Waals surface area contributed by atoms with Crippen LogP contribution in [0.25, 0.3) is 0 Å². The van der Waals surface area contributed by atoms with Gasteiger partial charge in [-0.3, -0.25) is 0 Å². The normalized spacial score (nSPS) is 13.4. The van der Waals surface area contributed by atoms with Crippen LogP contribution in [0, 0.1) is 0 Å².